The average Bonchev–Trinajstić information content (AvgIpc) is 3.72. The van der Waals surface area contributed by atoms with Gasteiger partial charge in [-0.05, 0) is 80.5 Å². The number of nitrogens with zero attached hydrogens (tertiary/aromatic N) is 2. The molecular formula is C48H30N2. The molecule has 9 aromatic carbocycles. The lowest BCUT2D eigenvalue weighted by Crippen LogP contribution is -1.96. The molecule has 0 atom stereocenters. The van der Waals surface area contributed by atoms with E-state index in [4.69, 9.17) is 0 Å². The fourth-order valence-corrected chi connectivity index (χ4v) is 8.50. The first-order valence-corrected chi connectivity index (χ1v) is 17.3. The predicted octanol–water partition coefficient (Wildman–Crippen LogP) is 13.0. The Balaban J connectivity index is 1.33. The van der Waals surface area contributed by atoms with Crippen molar-refractivity contribution in [2.45, 2.75) is 0 Å². The highest BCUT2D eigenvalue weighted by atomic mass is 15.0. The van der Waals surface area contributed by atoms with Crippen LogP contribution in [0.5, 0.6) is 0 Å². The van der Waals surface area contributed by atoms with Crippen LogP contribution >= 0.6 is 0 Å². The van der Waals surface area contributed by atoms with Crippen LogP contribution < -0.4 is 0 Å². The molecule has 0 N–H and O–H groups in total. The lowest BCUT2D eigenvalue weighted by molar-refractivity contribution is 1.18. The molecule has 0 aliphatic carbocycles. The highest BCUT2D eigenvalue weighted by molar-refractivity contribution is 6.39. The molecule has 0 aliphatic heterocycles. The quantitative estimate of drug-likeness (QED) is 0.183. The van der Waals surface area contributed by atoms with Crippen LogP contribution in [0, 0.1) is 0 Å². The molecule has 0 saturated carbocycles. The molecule has 2 heteroatoms. The van der Waals surface area contributed by atoms with Crippen molar-refractivity contribution >= 4 is 75.9 Å². The molecule has 0 radical (unpaired) electrons. The van der Waals surface area contributed by atoms with Crippen LogP contribution in [0.3, 0.4) is 0 Å². The summed E-state index contributed by atoms with van der Waals surface area (Å²) < 4.78 is 5.01. The van der Waals surface area contributed by atoms with Gasteiger partial charge in [-0.2, -0.15) is 0 Å². The zero-order valence-corrected chi connectivity index (χ0v) is 27.2. The van der Waals surface area contributed by atoms with Crippen LogP contribution in [0.15, 0.2) is 182 Å². The van der Waals surface area contributed by atoms with Gasteiger partial charge in [0.15, 0.2) is 0 Å². The van der Waals surface area contributed by atoms with E-state index in [0.717, 1.165) is 11.4 Å². The number of para-hydroxylation sites is 2. The minimum atomic E-state index is 1.16. The molecule has 11 rings (SSSR count). The number of fused-ring (bicyclic) bond motifs is 13. The molecule has 0 bridgehead atoms. The standard InChI is InChI=1S/C48H30N2/c1-3-13-31(14-4-1)33-23-24-35-30-37(27-25-34(35)29-33)50-42-22-12-11-21-41(42)46-47(50)40-20-10-9-19-39(40)45-44-38-18-8-7-15-32(38)26-28-43(44)49(48(45)46)36-16-5-2-6-17-36/h1-30H. The first kappa shape index (κ1) is 27.3. The van der Waals surface area contributed by atoms with Gasteiger partial charge in [0.1, 0.15) is 0 Å². The Hall–Kier alpha value is -6.64. The minimum absolute atomic E-state index is 1.16. The van der Waals surface area contributed by atoms with Crippen molar-refractivity contribution in [2.75, 3.05) is 0 Å². The SMILES string of the molecule is c1ccc(-c2ccc3cc(-n4c5ccccc5c5c4c4ccccc4c4c6c7ccccc7ccc6n(-c6ccccc6)c45)ccc3c2)cc1. The molecule has 2 heterocycles. The molecule has 0 amide bonds. The van der Waals surface area contributed by atoms with Crippen LogP contribution in [-0.4, -0.2) is 9.13 Å². The van der Waals surface area contributed by atoms with Gasteiger partial charge in [0.2, 0.25) is 0 Å². The third-order valence-electron chi connectivity index (χ3n) is 10.6. The average molecular weight is 635 g/mol. The Morgan fingerprint density at radius 3 is 1.74 bits per heavy atom. The van der Waals surface area contributed by atoms with E-state index < -0.39 is 0 Å². The largest absolute Gasteiger partial charge is 0.309 e. The normalized spacial score (nSPS) is 12.0. The molecule has 0 saturated heterocycles. The summed E-state index contributed by atoms with van der Waals surface area (Å²) >= 11 is 0. The summed E-state index contributed by atoms with van der Waals surface area (Å²) in [5.74, 6) is 0. The fraction of sp³-hybridized carbons (Fsp3) is 0. The zero-order valence-electron chi connectivity index (χ0n) is 27.2. The molecule has 11 aromatic rings. The summed E-state index contributed by atoms with van der Waals surface area (Å²) in [6, 6.07) is 66.6. The van der Waals surface area contributed by atoms with E-state index in [9.17, 15) is 0 Å². The van der Waals surface area contributed by atoms with Gasteiger partial charge >= 0.3 is 0 Å². The van der Waals surface area contributed by atoms with Gasteiger partial charge < -0.3 is 9.13 Å². The molecule has 2 aromatic heterocycles. The monoisotopic (exact) mass is 634 g/mol. The summed E-state index contributed by atoms with van der Waals surface area (Å²) in [7, 11) is 0. The van der Waals surface area contributed by atoms with Gasteiger partial charge in [-0.3, -0.25) is 0 Å². The first-order chi connectivity index (χ1) is 24.8. The Labute approximate surface area is 288 Å². The highest BCUT2D eigenvalue weighted by Crippen LogP contribution is 2.48. The topological polar surface area (TPSA) is 9.86 Å². The molecule has 0 spiro atoms. The smallest absolute Gasteiger partial charge is 0.0648 e. The third-order valence-corrected chi connectivity index (χ3v) is 10.6. The molecule has 50 heavy (non-hydrogen) atoms. The van der Waals surface area contributed by atoms with E-state index in [2.05, 4.69) is 191 Å². The third kappa shape index (κ3) is 3.79. The Kier molecular flexibility index (Phi) is 5.70. The number of rotatable bonds is 3. The Morgan fingerprint density at radius 2 is 0.900 bits per heavy atom. The summed E-state index contributed by atoms with van der Waals surface area (Å²) in [6.45, 7) is 0. The van der Waals surface area contributed by atoms with Gasteiger partial charge in [0.05, 0.1) is 22.1 Å². The van der Waals surface area contributed by atoms with Crippen molar-refractivity contribution in [3.63, 3.8) is 0 Å². The summed E-state index contributed by atoms with van der Waals surface area (Å²) in [5, 5.41) is 12.7. The van der Waals surface area contributed by atoms with Crippen LogP contribution in [-0.2, 0) is 0 Å². The highest BCUT2D eigenvalue weighted by Gasteiger charge is 2.25. The molecule has 0 aliphatic rings. The predicted molar refractivity (Wildman–Crippen MR) is 213 cm³/mol. The van der Waals surface area contributed by atoms with E-state index in [0.29, 0.717) is 0 Å². The van der Waals surface area contributed by atoms with Gasteiger partial charge in [0.25, 0.3) is 0 Å². The molecule has 2 nitrogen and oxygen atoms in total. The second-order valence-electron chi connectivity index (χ2n) is 13.3. The second-order valence-corrected chi connectivity index (χ2v) is 13.3. The molecular weight excluding hydrogens is 605 g/mol. The number of hydrogen-bond donors (Lipinski definition) is 0. The van der Waals surface area contributed by atoms with Crippen molar-refractivity contribution in [3.8, 4) is 22.5 Å². The van der Waals surface area contributed by atoms with Crippen LogP contribution in [0.1, 0.15) is 0 Å². The summed E-state index contributed by atoms with van der Waals surface area (Å²) in [6.07, 6.45) is 0. The number of benzene rings is 9. The maximum atomic E-state index is 2.51. The van der Waals surface area contributed by atoms with Crippen molar-refractivity contribution < 1.29 is 0 Å². The van der Waals surface area contributed by atoms with Crippen molar-refractivity contribution in [1.29, 1.82) is 0 Å². The van der Waals surface area contributed by atoms with E-state index in [1.807, 2.05) is 0 Å². The first-order valence-electron chi connectivity index (χ1n) is 17.3. The Bertz CT molecular complexity index is 3130. The molecule has 232 valence electrons. The maximum absolute atomic E-state index is 2.51. The van der Waals surface area contributed by atoms with Gasteiger partial charge in [-0.25, -0.2) is 0 Å². The van der Waals surface area contributed by atoms with Crippen molar-refractivity contribution in [1.82, 2.24) is 9.13 Å². The van der Waals surface area contributed by atoms with Crippen LogP contribution in [0.25, 0.3) is 98.4 Å². The van der Waals surface area contributed by atoms with Gasteiger partial charge in [-0.15, -0.1) is 0 Å². The van der Waals surface area contributed by atoms with E-state index in [1.54, 1.807) is 0 Å². The number of hydrogen-bond acceptors (Lipinski definition) is 0. The van der Waals surface area contributed by atoms with Crippen LogP contribution in [0.4, 0.5) is 0 Å². The van der Waals surface area contributed by atoms with E-state index in [1.165, 1.54) is 87.1 Å². The van der Waals surface area contributed by atoms with Gasteiger partial charge in [-0.1, -0.05) is 140 Å². The summed E-state index contributed by atoms with van der Waals surface area (Å²) in [5.41, 5.74) is 9.70. The summed E-state index contributed by atoms with van der Waals surface area (Å²) in [4.78, 5) is 0. The lowest BCUT2D eigenvalue weighted by Gasteiger charge is -2.14. The van der Waals surface area contributed by atoms with Crippen molar-refractivity contribution in [2.24, 2.45) is 0 Å². The van der Waals surface area contributed by atoms with Gasteiger partial charge in [0, 0.05) is 38.3 Å². The van der Waals surface area contributed by atoms with E-state index >= 15 is 0 Å². The number of aromatic nitrogens is 2. The fourth-order valence-electron chi connectivity index (χ4n) is 8.50. The second kappa shape index (κ2) is 10.4. The maximum Gasteiger partial charge on any atom is 0.0648 e. The molecule has 0 unspecified atom stereocenters. The zero-order chi connectivity index (χ0) is 32.8. The molecule has 0 fully saturated rings. The van der Waals surface area contributed by atoms with E-state index in [-0.39, 0.29) is 0 Å². The van der Waals surface area contributed by atoms with Crippen LogP contribution in [0.2, 0.25) is 0 Å². The Morgan fingerprint density at radius 1 is 0.280 bits per heavy atom. The van der Waals surface area contributed by atoms with Crippen molar-refractivity contribution in [3.05, 3.63) is 182 Å². The lowest BCUT2D eigenvalue weighted by atomic mass is 9.97. The minimum Gasteiger partial charge on any atom is -0.309 e.